The molecule has 0 N–H and O–H groups in total. The molecule has 0 saturated carbocycles. The molecule has 1 saturated heterocycles. The maximum Gasteiger partial charge on any atom is 0.227 e. The second-order valence-electron chi connectivity index (χ2n) is 7.85. The van der Waals surface area contributed by atoms with Gasteiger partial charge in [0.2, 0.25) is 5.91 Å². The number of nitrogens with zero attached hydrogens (tertiary/aromatic N) is 4. The molecule has 0 bridgehead atoms. The molecule has 0 aliphatic carbocycles. The molecule has 3 heterocycles. The molecule has 0 unspecified atom stereocenters. The van der Waals surface area contributed by atoms with E-state index in [1.807, 2.05) is 56.9 Å². The van der Waals surface area contributed by atoms with Gasteiger partial charge in [0.05, 0.1) is 29.4 Å². The summed E-state index contributed by atoms with van der Waals surface area (Å²) in [5.74, 6) is 1.51. The van der Waals surface area contributed by atoms with E-state index in [-0.39, 0.29) is 11.9 Å². The van der Waals surface area contributed by atoms with E-state index in [0.717, 1.165) is 47.5 Å². The van der Waals surface area contributed by atoms with Crippen LogP contribution in [-0.4, -0.2) is 32.5 Å². The van der Waals surface area contributed by atoms with Gasteiger partial charge in [0, 0.05) is 18.3 Å². The highest BCUT2D eigenvalue weighted by atomic mass is 16.5. The molecule has 1 aliphatic rings. The molecule has 1 aliphatic heterocycles. The predicted octanol–water partition coefficient (Wildman–Crippen LogP) is 4.27. The fourth-order valence-corrected chi connectivity index (χ4v) is 3.91. The molecule has 150 valence electrons. The number of carbonyl (C=O) groups is 1. The number of rotatable bonds is 4. The fourth-order valence-electron chi connectivity index (χ4n) is 3.91. The summed E-state index contributed by atoms with van der Waals surface area (Å²) in [6.07, 6.45) is 4.04. The minimum atomic E-state index is -0.0746. The van der Waals surface area contributed by atoms with Gasteiger partial charge in [0.1, 0.15) is 5.82 Å². The number of aromatic nitrogens is 3. The number of benzene rings is 1. The third-order valence-electron chi connectivity index (χ3n) is 5.71. The number of hydrogen-bond donors (Lipinski definition) is 0. The van der Waals surface area contributed by atoms with Crippen LogP contribution < -0.4 is 0 Å². The Bertz CT molecular complexity index is 1040. The first-order chi connectivity index (χ1) is 13.9. The van der Waals surface area contributed by atoms with Crippen molar-refractivity contribution in [2.24, 2.45) is 0 Å². The Morgan fingerprint density at radius 1 is 1.17 bits per heavy atom. The van der Waals surface area contributed by atoms with Crippen molar-refractivity contribution in [1.82, 2.24) is 20.0 Å². The van der Waals surface area contributed by atoms with Crippen LogP contribution in [-0.2, 0) is 11.2 Å². The largest absolute Gasteiger partial charge is 0.356 e. The molecular formula is C23H26N4O2. The van der Waals surface area contributed by atoms with Gasteiger partial charge in [-0.05, 0) is 46.1 Å². The van der Waals surface area contributed by atoms with Gasteiger partial charge in [0.25, 0.3) is 0 Å². The zero-order chi connectivity index (χ0) is 20.5. The normalized spacial score (nSPS) is 16.4. The summed E-state index contributed by atoms with van der Waals surface area (Å²) in [7, 11) is 0. The van der Waals surface area contributed by atoms with Gasteiger partial charge >= 0.3 is 0 Å². The molecule has 2 aromatic heterocycles. The maximum atomic E-state index is 13.1. The van der Waals surface area contributed by atoms with E-state index in [1.54, 1.807) is 6.20 Å². The Morgan fingerprint density at radius 3 is 2.62 bits per heavy atom. The van der Waals surface area contributed by atoms with Crippen molar-refractivity contribution in [3.63, 3.8) is 0 Å². The average Bonchev–Trinajstić information content (AvgIpc) is 3.31. The van der Waals surface area contributed by atoms with Crippen molar-refractivity contribution in [3.8, 4) is 11.3 Å². The molecule has 6 heteroatoms. The summed E-state index contributed by atoms with van der Waals surface area (Å²) < 4.78 is 5.59. The van der Waals surface area contributed by atoms with E-state index in [4.69, 9.17) is 9.51 Å². The van der Waals surface area contributed by atoms with Crippen LogP contribution in [0.4, 0.5) is 0 Å². The van der Waals surface area contributed by atoms with Gasteiger partial charge in [-0.15, -0.1) is 0 Å². The van der Waals surface area contributed by atoms with Gasteiger partial charge in [0.15, 0.2) is 5.76 Å². The lowest BCUT2D eigenvalue weighted by molar-refractivity contribution is -0.131. The first kappa shape index (κ1) is 19.3. The third kappa shape index (κ3) is 3.79. The van der Waals surface area contributed by atoms with Crippen LogP contribution in [0.5, 0.6) is 0 Å². The average molecular weight is 390 g/mol. The quantitative estimate of drug-likeness (QED) is 0.665. The molecule has 1 aromatic carbocycles. The SMILES string of the molecule is Cc1ccc(CC(=O)N2CCC[C@H]2c2nc(C)ncc2-c2onc(C)c2C)cc1. The van der Waals surface area contributed by atoms with Gasteiger partial charge in [-0.25, -0.2) is 9.97 Å². The lowest BCUT2D eigenvalue weighted by Crippen LogP contribution is -2.32. The first-order valence-electron chi connectivity index (χ1n) is 10.1. The molecule has 0 radical (unpaired) electrons. The van der Waals surface area contributed by atoms with Crippen molar-refractivity contribution in [1.29, 1.82) is 0 Å². The van der Waals surface area contributed by atoms with E-state index in [1.165, 1.54) is 5.56 Å². The zero-order valence-electron chi connectivity index (χ0n) is 17.4. The summed E-state index contributed by atoms with van der Waals surface area (Å²) in [5, 5.41) is 4.09. The van der Waals surface area contributed by atoms with E-state index in [9.17, 15) is 4.79 Å². The number of likely N-dealkylation sites (tertiary alicyclic amines) is 1. The minimum absolute atomic E-state index is 0.0746. The van der Waals surface area contributed by atoms with Crippen LogP contribution >= 0.6 is 0 Å². The molecular weight excluding hydrogens is 364 g/mol. The molecule has 4 rings (SSSR count). The van der Waals surface area contributed by atoms with Crippen molar-refractivity contribution in [2.45, 2.75) is 53.0 Å². The Labute approximate surface area is 171 Å². The first-order valence-corrected chi connectivity index (χ1v) is 10.1. The van der Waals surface area contributed by atoms with Gasteiger partial charge in [-0.3, -0.25) is 4.79 Å². The Hall–Kier alpha value is -3.02. The van der Waals surface area contributed by atoms with Crippen LogP contribution in [0, 0.1) is 27.7 Å². The smallest absolute Gasteiger partial charge is 0.227 e. The molecule has 6 nitrogen and oxygen atoms in total. The van der Waals surface area contributed by atoms with E-state index in [2.05, 4.69) is 10.1 Å². The minimum Gasteiger partial charge on any atom is -0.356 e. The van der Waals surface area contributed by atoms with Gasteiger partial charge in [-0.1, -0.05) is 35.0 Å². The summed E-state index contributed by atoms with van der Waals surface area (Å²) in [4.78, 5) is 24.2. The highest BCUT2D eigenvalue weighted by molar-refractivity contribution is 5.80. The Morgan fingerprint density at radius 2 is 1.93 bits per heavy atom. The Balaban J connectivity index is 1.66. The fraction of sp³-hybridized carbons (Fsp3) is 0.391. The lowest BCUT2D eigenvalue weighted by Gasteiger charge is -2.26. The zero-order valence-corrected chi connectivity index (χ0v) is 17.4. The van der Waals surface area contributed by atoms with Crippen molar-refractivity contribution >= 4 is 5.91 Å². The molecule has 3 aromatic rings. The predicted molar refractivity (Wildman–Crippen MR) is 110 cm³/mol. The summed E-state index contributed by atoms with van der Waals surface area (Å²) in [5.41, 5.74) is 5.74. The monoisotopic (exact) mass is 390 g/mol. The number of aryl methyl sites for hydroxylation is 3. The number of carbonyl (C=O) groups excluding carboxylic acids is 1. The van der Waals surface area contributed by atoms with Crippen LogP contribution in [0.1, 0.15) is 52.8 Å². The number of hydrogen-bond acceptors (Lipinski definition) is 5. The molecule has 29 heavy (non-hydrogen) atoms. The van der Waals surface area contributed by atoms with Gasteiger partial charge in [-0.2, -0.15) is 0 Å². The molecule has 1 fully saturated rings. The second kappa shape index (κ2) is 7.78. The summed E-state index contributed by atoms with van der Waals surface area (Å²) in [6.45, 7) is 8.57. The van der Waals surface area contributed by atoms with Crippen LogP contribution in [0.2, 0.25) is 0 Å². The van der Waals surface area contributed by atoms with Gasteiger partial charge < -0.3 is 9.42 Å². The van der Waals surface area contributed by atoms with E-state index >= 15 is 0 Å². The van der Waals surface area contributed by atoms with E-state index in [0.29, 0.717) is 18.0 Å². The van der Waals surface area contributed by atoms with Crippen molar-refractivity contribution in [2.75, 3.05) is 6.54 Å². The van der Waals surface area contributed by atoms with Crippen LogP contribution in [0.3, 0.4) is 0 Å². The van der Waals surface area contributed by atoms with Crippen molar-refractivity contribution < 1.29 is 9.32 Å². The standard InChI is InChI=1S/C23H26N4O2/c1-14-7-9-18(10-8-14)12-21(28)27-11-5-6-20(27)22-19(13-24-17(4)25-22)23-15(2)16(3)26-29-23/h7-10,13,20H,5-6,11-12H2,1-4H3/t20-/m0/s1. The molecule has 0 spiro atoms. The second-order valence-corrected chi connectivity index (χ2v) is 7.85. The number of amides is 1. The highest BCUT2D eigenvalue weighted by Gasteiger charge is 2.34. The summed E-state index contributed by atoms with van der Waals surface area (Å²) in [6, 6.07) is 8.07. The molecule has 1 atom stereocenters. The lowest BCUT2D eigenvalue weighted by atomic mass is 10.0. The van der Waals surface area contributed by atoms with Crippen molar-refractivity contribution in [3.05, 3.63) is 64.4 Å². The molecule has 1 amide bonds. The highest BCUT2D eigenvalue weighted by Crippen LogP contribution is 2.38. The van der Waals surface area contributed by atoms with E-state index < -0.39 is 0 Å². The van der Waals surface area contributed by atoms with Crippen LogP contribution in [0.15, 0.2) is 35.0 Å². The topological polar surface area (TPSA) is 72.1 Å². The Kier molecular flexibility index (Phi) is 5.18. The van der Waals surface area contributed by atoms with Crippen LogP contribution in [0.25, 0.3) is 11.3 Å². The maximum absolute atomic E-state index is 13.1. The third-order valence-corrected chi connectivity index (χ3v) is 5.71. The summed E-state index contributed by atoms with van der Waals surface area (Å²) >= 11 is 0.